The topological polar surface area (TPSA) is 12.0 Å². The van der Waals surface area contributed by atoms with E-state index in [1.807, 2.05) is 11.8 Å². The van der Waals surface area contributed by atoms with Crippen molar-refractivity contribution in [3.8, 4) is 0 Å². The minimum Gasteiger partial charge on any atom is -0.311 e. The number of nitrogens with one attached hydrogen (secondary N) is 1. The maximum Gasteiger partial charge on any atom is 0.390 e. The minimum absolute atomic E-state index is 0.278. The average molecular weight is 241 g/mol. The smallest absolute Gasteiger partial charge is 0.311 e. The number of rotatable bonds is 4. The Bertz CT molecular complexity index is 196. The summed E-state index contributed by atoms with van der Waals surface area (Å²) < 4.78 is 36.2. The van der Waals surface area contributed by atoms with Gasteiger partial charge in [0.15, 0.2) is 0 Å². The SMILES string of the molecule is CSC1CCC(NC(C)CC(F)(F)F)C1. The zero-order valence-electron chi connectivity index (χ0n) is 9.10. The second-order valence-electron chi connectivity index (χ2n) is 4.25. The fourth-order valence-electron chi connectivity index (χ4n) is 2.11. The number of alkyl halides is 3. The van der Waals surface area contributed by atoms with Gasteiger partial charge in [0.25, 0.3) is 0 Å². The summed E-state index contributed by atoms with van der Waals surface area (Å²) in [4.78, 5) is 0. The molecule has 0 radical (unpaired) electrons. The molecule has 1 saturated carbocycles. The zero-order chi connectivity index (χ0) is 11.5. The summed E-state index contributed by atoms with van der Waals surface area (Å²) in [7, 11) is 0. The van der Waals surface area contributed by atoms with E-state index in [1.165, 1.54) is 0 Å². The van der Waals surface area contributed by atoms with Gasteiger partial charge in [-0.3, -0.25) is 0 Å². The first-order valence-corrected chi connectivity index (χ1v) is 6.55. The van der Waals surface area contributed by atoms with Gasteiger partial charge in [-0.15, -0.1) is 0 Å². The first-order valence-electron chi connectivity index (χ1n) is 5.26. The maximum atomic E-state index is 12.1. The van der Waals surface area contributed by atoms with E-state index in [1.54, 1.807) is 6.92 Å². The van der Waals surface area contributed by atoms with Gasteiger partial charge in [0, 0.05) is 17.3 Å². The molecular formula is C10H18F3NS. The van der Waals surface area contributed by atoms with Gasteiger partial charge >= 0.3 is 6.18 Å². The predicted octanol–water partition coefficient (Wildman–Crippen LogP) is 3.20. The van der Waals surface area contributed by atoms with E-state index < -0.39 is 18.6 Å². The molecule has 1 nitrogen and oxygen atoms in total. The van der Waals surface area contributed by atoms with Crippen LogP contribution in [0.1, 0.15) is 32.6 Å². The van der Waals surface area contributed by atoms with Crippen molar-refractivity contribution < 1.29 is 13.2 Å². The Hall–Kier alpha value is 0.100. The standard InChI is InChI=1S/C10H18F3NS/c1-7(6-10(11,12)13)14-8-3-4-9(5-8)15-2/h7-9,14H,3-6H2,1-2H3. The van der Waals surface area contributed by atoms with Gasteiger partial charge in [0.1, 0.15) is 0 Å². The molecule has 0 aliphatic heterocycles. The molecule has 0 spiro atoms. The highest BCUT2D eigenvalue weighted by atomic mass is 32.2. The van der Waals surface area contributed by atoms with Gasteiger partial charge in [-0.1, -0.05) is 0 Å². The molecule has 1 N–H and O–H groups in total. The second-order valence-corrected chi connectivity index (χ2v) is 5.39. The van der Waals surface area contributed by atoms with Crippen molar-refractivity contribution in [1.82, 2.24) is 5.32 Å². The highest BCUT2D eigenvalue weighted by Crippen LogP contribution is 2.29. The normalized spacial score (nSPS) is 29.4. The lowest BCUT2D eigenvalue weighted by atomic mass is 10.1. The lowest BCUT2D eigenvalue weighted by molar-refractivity contribution is -0.139. The lowest BCUT2D eigenvalue weighted by Crippen LogP contribution is -2.37. The molecule has 15 heavy (non-hydrogen) atoms. The molecule has 3 atom stereocenters. The Morgan fingerprint density at radius 2 is 2.07 bits per heavy atom. The van der Waals surface area contributed by atoms with E-state index in [9.17, 15) is 13.2 Å². The van der Waals surface area contributed by atoms with Gasteiger partial charge in [-0.05, 0) is 32.4 Å². The third kappa shape index (κ3) is 5.11. The number of hydrogen-bond donors (Lipinski definition) is 1. The molecule has 0 bridgehead atoms. The van der Waals surface area contributed by atoms with Gasteiger partial charge in [0.05, 0.1) is 6.42 Å². The van der Waals surface area contributed by atoms with Crippen molar-refractivity contribution in [1.29, 1.82) is 0 Å². The van der Waals surface area contributed by atoms with Crippen molar-refractivity contribution in [2.24, 2.45) is 0 Å². The zero-order valence-corrected chi connectivity index (χ0v) is 9.92. The molecule has 1 aliphatic carbocycles. The van der Waals surface area contributed by atoms with E-state index in [-0.39, 0.29) is 6.04 Å². The highest BCUT2D eigenvalue weighted by Gasteiger charge is 2.32. The Labute approximate surface area is 93.2 Å². The molecule has 3 unspecified atom stereocenters. The summed E-state index contributed by atoms with van der Waals surface area (Å²) in [6.45, 7) is 1.61. The van der Waals surface area contributed by atoms with Crippen LogP contribution in [-0.2, 0) is 0 Å². The van der Waals surface area contributed by atoms with Crippen LogP contribution in [0.2, 0.25) is 0 Å². The maximum absolute atomic E-state index is 12.1. The van der Waals surface area contributed by atoms with E-state index in [4.69, 9.17) is 0 Å². The van der Waals surface area contributed by atoms with Crippen LogP contribution in [0.25, 0.3) is 0 Å². The molecule has 1 rings (SSSR count). The molecule has 0 amide bonds. The van der Waals surface area contributed by atoms with Crippen LogP contribution >= 0.6 is 11.8 Å². The molecule has 0 saturated heterocycles. The molecule has 0 aromatic heterocycles. The van der Waals surface area contributed by atoms with Crippen molar-refractivity contribution in [3.05, 3.63) is 0 Å². The van der Waals surface area contributed by atoms with Crippen LogP contribution in [0.15, 0.2) is 0 Å². The lowest BCUT2D eigenvalue weighted by Gasteiger charge is -2.20. The highest BCUT2D eigenvalue weighted by molar-refractivity contribution is 7.99. The summed E-state index contributed by atoms with van der Waals surface area (Å²) >= 11 is 1.81. The summed E-state index contributed by atoms with van der Waals surface area (Å²) in [5.41, 5.74) is 0. The summed E-state index contributed by atoms with van der Waals surface area (Å²) in [5, 5.41) is 3.69. The Morgan fingerprint density at radius 1 is 1.40 bits per heavy atom. The molecule has 1 aliphatic rings. The third-order valence-electron chi connectivity index (χ3n) is 2.78. The number of hydrogen-bond acceptors (Lipinski definition) is 2. The third-order valence-corrected chi connectivity index (χ3v) is 3.87. The second kappa shape index (κ2) is 5.43. The fraction of sp³-hybridized carbons (Fsp3) is 1.00. The number of thioether (sulfide) groups is 1. The van der Waals surface area contributed by atoms with Crippen LogP contribution in [-0.4, -0.2) is 29.8 Å². The Balaban J connectivity index is 2.24. The Kier molecular flexibility index (Phi) is 4.77. The van der Waals surface area contributed by atoms with E-state index >= 15 is 0 Å². The van der Waals surface area contributed by atoms with Crippen molar-refractivity contribution >= 4 is 11.8 Å². The summed E-state index contributed by atoms with van der Waals surface area (Å²) in [6.07, 6.45) is 0.415. The van der Waals surface area contributed by atoms with Crippen molar-refractivity contribution in [2.45, 2.75) is 56.1 Å². The quantitative estimate of drug-likeness (QED) is 0.811. The monoisotopic (exact) mass is 241 g/mol. The van der Waals surface area contributed by atoms with Crippen LogP contribution in [0.4, 0.5) is 13.2 Å². The number of halogens is 3. The summed E-state index contributed by atoms with van der Waals surface area (Å²) in [6, 6.07) is -0.185. The minimum atomic E-state index is -4.05. The molecule has 0 heterocycles. The fourth-order valence-corrected chi connectivity index (χ4v) is 2.91. The largest absolute Gasteiger partial charge is 0.390 e. The molecule has 0 aromatic carbocycles. The molecule has 90 valence electrons. The van der Waals surface area contributed by atoms with Crippen LogP contribution in [0, 0.1) is 0 Å². The van der Waals surface area contributed by atoms with Crippen molar-refractivity contribution in [3.63, 3.8) is 0 Å². The first kappa shape index (κ1) is 13.2. The molecule has 1 fully saturated rings. The molecule has 0 aromatic rings. The Morgan fingerprint density at radius 3 is 2.53 bits per heavy atom. The van der Waals surface area contributed by atoms with Gasteiger partial charge in [-0.2, -0.15) is 24.9 Å². The van der Waals surface area contributed by atoms with Gasteiger partial charge in [-0.25, -0.2) is 0 Å². The van der Waals surface area contributed by atoms with Crippen LogP contribution < -0.4 is 5.32 Å². The first-order chi connectivity index (χ1) is 6.90. The van der Waals surface area contributed by atoms with Gasteiger partial charge < -0.3 is 5.32 Å². The van der Waals surface area contributed by atoms with Crippen molar-refractivity contribution in [2.75, 3.05) is 6.26 Å². The van der Waals surface area contributed by atoms with Gasteiger partial charge in [0.2, 0.25) is 0 Å². The van der Waals surface area contributed by atoms with E-state index in [2.05, 4.69) is 11.6 Å². The average Bonchev–Trinajstić information content (AvgIpc) is 2.48. The molecular weight excluding hydrogens is 223 g/mol. The van der Waals surface area contributed by atoms with E-state index in [0.717, 1.165) is 19.3 Å². The summed E-state index contributed by atoms with van der Waals surface area (Å²) in [5.74, 6) is 0. The van der Waals surface area contributed by atoms with E-state index in [0.29, 0.717) is 5.25 Å². The van der Waals surface area contributed by atoms with Crippen LogP contribution in [0.5, 0.6) is 0 Å². The molecule has 5 heteroatoms. The predicted molar refractivity (Wildman–Crippen MR) is 58.2 cm³/mol. The van der Waals surface area contributed by atoms with Crippen LogP contribution in [0.3, 0.4) is 0 Å².